The lowest BCUT2D eigenvalue weighted by Crippen LogP contribution is -2.04. The van der Waals surface area contributed by atoms with Gasteiger partial charge in [-0.2, -0.15) is 0 Å². The van der Waals surface area contributed by atoms with Crippen LogP contribution in [0.1, 0.15) is 30.4 Å². The maximum absolute atomic E-state index is 11.1. The number of hydrogen-bond acceptors (Lipinski definition) is 3. The highest BCUT2D eigenvalue weighted by molar-refractivity contribution is 7.17. The molecule has 4 aromatic rings. The van der Waals surface area contributed by atoms with E-state index in [9.17, 15) is 4.79 Å². The van der Waals surface area contributed by atoms with Gasteiger partial charge in [0, 0.05) is 26.2 Å². The van der Waals surface area contributed by atoms with E-state index in [1.54, 1.807) is 18.3 Å². The summed E-state index contributed by atoms with van der Waals surface area (Å²) in [7, 11) is 0. The number of thiophene rings is 1. The van der Waals surface area contributed by atoms with Crippen LogP contribution in [0.2, 0.25) is 5.02 Å². The summed E-state index contributed by atoms with van der Waals surface area (Å²) in [6, 6.07) is 21.7. The van der Waals surface area contributed by atoms with Crippen LogP contribution in [0.5, 0.6) is 5.75 Å². The fraction of sp³-hybridized carbons (Fsp3) is 0.148. The van der Waals surface area contributed by atoms with Crippen molar-refractivity contribution in [3.05, 3.63) is 88.3 Å². The number of halogens is 1. The van der Waals surface area contributed by atoms with E-state index in [0.29, 0.717) is 6.61 Å². The summed E-state index contributed by atoms with van der Waals surface area (Å²) in [6.45, 7) is 2.15. The van der Waals surface area contributed by atoms with Crippen LogP contribution in [0.4, 0.5) is 0 Å². The van der Waals surface area contributed by atoms with Crippen LogP contribution in [0.15, 0.2) is 72.1 Å². The molecule has 1 atom stereocenters. The number of hydrogen-bond donors (Lipinski definition) is 1. The molecule has 3 nitrogen and oxygen atoms in total. The van der Waals surface area contributed by atoms with Crippen molar-refractivity contribution in [3.63, 3.8) is 0 Å². The van der Waals surface area contributed by atoms with Crippen LogP contribution in [0, 0.1) is 11.8 Å². The normalized spacial score (nSPS) is 11.6. The molecule has 0 aliphatic rings. The first kappa shape index (κ1) is 22.0. The molecule has 0 radical (unpaired) electrons. The third-order valence-corrected chi connectivity index (χ3v) is 6.48. The van der Waals surface area contributed by atoms with Crippen LogP contribution in [0.3, 0.4) is 0 Å². The van der Waals surface area contributed by atoms with Gasteiger partial charge in [-0.1, -0.05) is 53.9 Å². The number of carboxylic acid groups (broad SMARTS) is 1. The first-order valence-electron chi connectivity index (χ1n) is 10.2. The van der Waals surface area contributed by atoms with Crippen molar-refractivity contribution in [3.8, 4) is 28.7 Å². The second-order valence-electron chi connectivity index (χ2n) is 7.36. The third-order valence-electron chi connectivity index (χ3n) is 5.19. The predicted molar refractivity (Wildman–Crippen MR) is 131 cm³/mol. The average molecular weight is 461 g/mol. The molecular formula is C27H21ClO3S. The van der Waals surface area contributed by atoms with Crippen LogP contribution >= 0.6 is 22.9 Å². The molecule has 4 rings (SSSR count). The molecule has 32 heavy (non-hydrogen) atoms. The Morgan fingerprint density at radius 1 is 1.09 bits per heavy atom. The van der Waals surface area contributed by atoms with Gasteiger partial charge >= 0.3 is 5.97 Å². The van der Waals surface area contributed by atoms with Crippen molar-refractivity contribution < 1.29 is 14.6 Å². The molecule has 1 aromatic heterocycles. The van der Waals surface area contributed by atoms with Crippen molar-refractivity contribution in [1.82, 2.24) is 0 Å². The summed E-state index contributed by atoms with van der Waals surface area (Å²) in [4.78, 5) is 11.1. The lowest BCUT2D eigenvalue weighted by atomic mass is 9.96. The van der Waals surface area contributed by atoms with Gasteiger partial charge in [0.2, 0.25) is 0 Å². The minimum atomic E-state index is -0.863. The van der Waals surface area contributed by atoms with Crippen molar-refractivity contribution >= 4 is 39.0 Å². The second-order valence-corrected chi connectivity index (χ2v) is 8.68. The highest BCUT2D eigenvalue weighted by atomic mass is 35.5. The monoisotopic (exact) mass is 460 g/mol. The maximum Gasteiger partial charge on any atom is 0.304 e. The van der Waals surface area contributed by atoms with Gasteiger partial charge in [0.15, 0.2) is 0 Å². The Labute approximate surface area is 196 Å². The van der Waals surface area contributed by atoms with Crippen LogP contribution in [-0.4, -0.2) is 11.1 Å². The largest absolute Gasteiger partial charge is 0.489 e. The van der Waals surface area contributed by atoms with Crippen molar-refractivity contribution in [1.29, 1.82) is 0 Å². The Hall–Kier alpha value is -3.26. The zero-order chi connectivity index (χ0) is 22.5. The lowest BCUT2D eigenvalue weighted by Gasteiger charge is -2.11. The Kier molecular flexibility index (Phi) is 6.80. The Bertz CT molecular complexity index is 1310. The summed E-state index contributed by atoms with van der Waals surface area (Å²) in [6.07, 6.45) is -0.0184. The van der Waals surface area contributed by atoms with E-state index in [1.165, 1.54) is 4.70 Å². The van der Waals surface area contributed by atoms with Crippen LogP contribution in [-0.2, 0) is 11.4 Å². The molecule has 1 heterocycles. The first-order chi connectivity index (χ1) is 15.5. The van der Waals surface area contributed by atoms with E-state index >= 15 is 0 Å². The van der Waals surface area contributed by atoms with Crippen LogP contribution in [0.25, 0.3) is 21.2 Å². The van der Waals surface area contributed by atoms with Gasteiger partial charge in [-0.3, -0.25) is 4.79 Å². The molecule has 160 valence electrons. The maximum atomic E-state index is 11.1. The molecule has 0 saturated heterocycles. The number of rotatable bonds is 7. The highest BCUT2D eigenvalue weighted by Crippen LogP contribution is 2.38. The molecule has 1 N–H and O–H groups in total. The van der Waals surface area contributed by atoms with E-state index in [2.05, 4.69) is 35.4 Å². The fourth-order valence-electron chi connectivity index (χ4n) is 3.62. The second kappa shape index (κ2) is 9.91. The minimum absolute atomic E-state index is 0.0184. The Balaban J connectivity index is 1.51. The molecule has 0 aliphatic carbocycles. The summed E-state index contributed by atoms with van der Waals surface area (Å²) in [5, 5.41) is 13.1. The molecule has 0 fully saturated rings. The number of ether oxygens (including phenoxy) is 1. The average Bonchev–Trinajstić information content (AvgIpc) is 3.21. The summed E-state index contributed by atoms with van der Waals surface area (Å²) >= 11 is 8.12. The van der Waals surface area contributed by atoms with E-state index in [-0.39, 0.29) is 12.3 Å². The van der Waals surface area contributed by atoms with E-state index in [4.69, 9.17) is 21.4 Å². The summed E-state index contributed by atoms with van der Waals surface area (Å²) < 4.78 is 7.19. The fourth-order valence-corrected chi connectivity index (χ4v) is 4.80. The van der Waals surface area contributed by atoms with Crippen molar-refractivity contribution in [2.24, 2.45) is 0 Å². The number of aliphatic carboxylic acids is 1. The van der Waals surface area contributed by atoms with E-state index in [1.807, 2.05) is 48.5 Å². The van der Waals surface area contributed by atoms with Gasteiger partial charge in [-0.25, -0.2) is 0 Å². The first-order valence-corrected chi connectivity index (χ1v) is 11.4. The van der Waals surface area contributed by atoms with Gasteiger partial charge in [0.05, 0.1) is 12.3 Å². The molecule has 0 saturated carbocycles. The van der Waals surface area contributed by atoms with E-state index in [0.717, 1.165) is 38.4 Å². The van der Waals surface area contributed by atoms with Gasteiger partial charge in [-0.15, -0.1) is 17.3 Å². The SMILES string of the molecule is CC#C[C@@H](CC(=O)O)c1ccc(OCc2ccc3scc(-c4ccccc4Cl)c3c2)cc1. The number of benzene rings is 3. The molecule has 0 bridgehead atoms. The van der Waals surface area contributed by atoms with E-state index < -0.39 is 5.97 Å². The Morgan fingerprint density at radius 2 is 1.88 bits per heavy atom. The Morgan fingerprint density at radius 3 is 2.59 bits per heavy atom. The van der Waals surface area contributed by atoms with Gasteiger partial charge in [0.1, 0.15) is 12.4 Å². The third kappa shape index (κ3) is 4.96. The topological polar surface area (TPSA) is 46.5 Å². The van der Waals surface area contributed by atoms with Gasteiger partial charge in [0.25, 0.3) is 0 Å². The molecule has 0 spiro atoms. The zero-order valence-electron chi connectivity index (χ0n) is 17.5. The lowest BCUT2D eigenvalue weighted by molar-refractivity contribution is -0.137. The quantitative estimate of drug-likeness (QED) is 0.292. The van der Waals surface area contributed by atoms with Crippen molar-refractivity contribution in [2.75, 3.05) is 0 Å². The zero-order valence-corrected chi connectivity index (χ0v) is 19.0. The predicted octanol–water partition coefficient (Wildman–Crippen LogP) is 7.38. The highest BCUT2D eigenvalue weighted by Gasteiger charge is 2.13. The van der Waals surface area contributed by atoms with Gasteiger partial charge in [-0.05, 0) is 53.8 Å². The van der Waals surface area contributed by atoms with Gasteiger partial charge < -0.3 is 9.84 Å². The number of carbonyl (C=O) groups is 1. The summed E-state index contributed by atoms with van der Waals surface area (Å²) in [5.41, 5.74) is 4.09. The molecule has 3 aromatic carbocycles. The molecule has 5 heteroatoms. The number of carboxylic acids is 1. The van der Waals surface area contributed by atoms with Crippen molar-refractivity contribution in [2.45, 2.75) is 25.9 Å². The standard InChI is InChI=1S/C27H21ClO3S/c1-2-5-20(15-27(29)30)19-9-11-21(12-10-19)31-16-18-8-13-26-23(14-18)24(17-32-26)22-6-3-4-7-25(22)28/h3-4,6-14,17,20H,15-16H2,1H3,(H,29,30)/t20-/m0/s1. The molecule has 0 amide bonds. The smallest absolute Gasteiger partial charge is 0.304 e. The number of fused-ring (bicyclic) bond motifs is 1. The molecule has 0 aliphatic heterocycles. The van der Waals surface area contributed by atoms with Crippen LogP contribution < -0.4 is 4.74 Å². The minimum Gasteiger partial charge on any atom is -0.489 e. The molecule has 0 unspecified atom stereocenters. The summed E-state index contributed by atoms with van der Waals surface area (Å²) in [5.74, 6) is 5.32. The molecular weight excluding hydrogens is 440 g/mol.